The zero-order valence-corrected chi connectivity index (χ0v) is 11.8. The van der Waals surface area contributed by atoms with Crippen molar-refractivity contribution in [1.29, 1.82) is 0 Å². The molecule has 0 aliphatic heterocycles. The van der Waals surface area contributed by atoms with Gasteiger partial charge in [0.25, 0.3) is 0 Å². The summed E-state index contributed by atoms with van der Waals surface area (Å²) >= 11 is 0. The molecule has 0 spiro atoms. The summed E-state index contributed by atoms with van der Waals surface area (Å²) in [5.41, 5.74) is 2.47. The number of anilines is 1. The van der Waals surface area contributed by atoms with Crippen molar-refractivity contribution in [2.24, 2.45) is 5.92 Å². The first kappa shape index (κ1) is 13.3. The molecule has 3 rings (SSSR count). The number of nitrogens with one attached hydrogen (secondary N) is 2. The van der Waals surface area contributed by atoms with Gasteiger partial charge in [-0.05, 0) is 38.5 Å². The standard InChI is InChI=1S/C15H22N4O/c20-15(11-6-7-11)17-9-8-16-14-12-4-2-1-3-5-13(12)18-10-19-14/h10-11H,1-9H2,(H,17,20)(H,16,18,19). The molecule has 0 atom stereocenters. The molecule has 0 unspecified atom stereocenters. The summed E-state index contributed by atoms with van der Waals surface area (Å²) in [5.74, 6) is 1.44. The number of aromatic nitrogens is 2. The van der Waals surface area contributed by atoms with Crippen molar-refractivity contribution >= 4 is 11.7 Å². The molecule has 1 fully saturated rings. The molecule has 0 aromatic carbocycles. The molecule has 0 saturated heterocycles. The smallest absolute Gasteiger partial charge is 0.223 e. The van der Waals surface area contributed by atoms with Crippen LogP contribution in [0.5, 0.6) is 0 Å². The van der Waals surface area contributed by atoms with Crippen LogP contribution in [0.3, 0.4) is 0 Å². The molecule has 1 saturated carbocycles. The van der Waals surface area contributed by atoms with Crippen LogP contribution in [0.25, 0.3) is 0 Å². The number of hydrogen-bond acceptors (Lipinski definition) is 4. The largest absolute Gasteiger partial charge is 0.368 e. The first-order valence-corrected chi connectivity index (χ1v) is 7.69. The van der Waals surface area contributed by atoms with E-state index in [1.54, 1.807) is 6.33 Å². The van der Waals surface area contributed by atoms with Crippen LogP contribution in [-0.4, -0.2) is 29.0 Å². The van der Waals surface area contributed by atoms with Crippen molar-refractivity contribution in [3.8, 4) is 0 Å². The highest BCUT2D eigenvalue weighted by atomic mass is 16.2. The van der Waals surface area contributed by atoms with Crippen molar-refractivity contribution in [2.45, 2.75) is 44.9 Å². The molecule has 5 nitrogen and oxygen atoms in total. The zero-order chi connectivity index (χ0) is 13.8. The van der Waals surface area contributed by atoms with Gasteiger partial charge in [0.1, 0.15) is 12.1 Å². The van der Waals surface area contributed by atoms with E-state index in [2.05, 4.69) is 20.6 Å². The van der Waals surface area contributed by atoms with Crippen LogP contribution < -0.4 is 10.6 Å². The monoisotopic (exact) mass is 274 g/mol. The highest BCUT2D eigenvalue weighted by Crippen LogP contribution is 2.28. The van der Waals surface area contributed by atoms with Crippen LogP contribution in [0, 0.1) is 5.92 Å². The van der Waals surface area contributed by atoms with Gasteiger partial charge in [0.15, 0.2) is 0 Å². The Morgan fingerprint density at radius 2 is 2.00 bits per heavy atom. The Bertz CT molecular complexity index is 485. The van der Waals surface area contributed by atoms with E-state index in [0.29, 0.717) is 6.54 Å². The van der Waals surface area contributed by atoms with Crippen molar-refractivity contribution in [2.75, 3.05) is 18.4 Å². The third-order valence-electron chi connectivity index (χ3n) is 4.04. The summed E-state index contributed by atoms with van der Waals surface area (Å²) in [6.45, 7) is 1.38. The number of hydrogen-bond donors (Lipinski definition) is 2. The van der Waals surface area contributed by atoms with Gasteiger partial charge in [-0.2, -0.15) is 0 Å². The number of rotatable bonds is 5. The Labute approximate surface area is 119 Å². The van der Waals surface area contributed by atoms with Gasteiger partial charge in [-0.1, -0.05) is 6.42 Å². The molecule has 108 valence electrons. The fourth-order valence-electron chi connectivity index (χ4n) is 2.71. The fraction of sp³-hybridized carbons (Fsp3) is 0.667. The maximum absolute atomic E-state index is 11.5. The molecule has 2 aliphatic carbocycles. The van der Waals surface area contributed by atoms with Crippen LogP contribution >= 0.6 is 0 Å². The lowest BCUT2D eigenvalue weighted by atomic mass is 10.1. The summed E-state index contributed by atoms with van der Waals surface area (Å²) in [6.07, 6.45) is 9.59. The molecule has 2 aliphatic rings. The number of carbonyl (C=O) groups excluding carboxylic acids is 1. The number of nitrogens with zero attached hydrogens (tertiary/aromatic N) is 2. The van der Waals surface area contributed by atoms with Crippen LogP contribution in [0.1, 0.15) is 43.4 Å². The van der Waals surface area contributed by atoms with Crippen LogP contribution in [0.15, 0.2) is 6.33 Å². The molecule has 1 amide bonds. The van der Waals surface area contributed by atoms with E-state index in [-0.39, 0.29) is 11.8 Å². The first-order chi connectivity index (χ1) is 9.84. The predicted octanol–water partition coefficient (Wildman–Crippen LogP) is 1.68. The third-order valence-corrected chi connectivity index (χ3v) is 4.04. The normalized spacial score (nSPS) is 18.0. The maximum atomic E-state index is 11.5. The maximum Gasteiger partial charge on any atom is 0.223 e. The first-order valence-electron chi connectivity index (χ1n) is 7.69. The topological polar surface area (TPSA) is 66.9 Å². The van der Waals surface area contributed by atoms with E-state index in [0.717, 1.165) is 38.0 Å². The minimum Gasteiger partial charge on any atom is -0.368 e. The lowest BCUT2D eigenvalue weighted by molar-refractivity contribution is -0.122. The van der Waals surface area contributed by atoms with E-state index >= 15 is 0 Å². The summed E-state index contributed by atoms with van der Waals surface area (Å²) in [5, 5.41) is 6.31. The van der Waals surface area contributed by atoms with E-state index in [4.69, 9.17) is 0 Å². The Morgan fingerprint density at radius 1 is 1.15 bits per heavy atom. The average Bonchev–Trinajstić information content (AvgIpc) is 3.28. The van der Waals surface area contributed by atoms with Gasteiger partial charge in [-0.15, -0.1) is 0 Å². The van der Waals surface area contributed by atoms with E-state index in [9.17, 15) is 4.79 Å². The summed E-state index contributed by atoms with van der Waals surface area (Å²) in [4.78, 5) is 20.3. The van der Waals surface area contributed by atoms with E-state index < -0.39 is 0 Å². The van der Waals surface area contributed by atoms with Gasteiger partial charge in [0.05, 0.1) is 0 Å². The minimum atomic E-state index is 0.202. The molecular weight excluding hydrogens is 252 g/mol. The highest BCUT2D eigenvalue weighted by molar-refractivity contribution is 5.80. The second-order valence-corrected chi connectivity index (χ2v) is 5.70. The summed E-state index contributed by atoms with van der Waals surface area (Å²) in [6, 6.07) is 0. The van der Waals surface area contributed by atoms with Gasteiger partial charge in [-0.25, -0.2) is 9.97 Å². The number of fused-ring (bicyclic) bond motifs is 1. The molecule has 1 aromatic rings. The average molecular weight is 274 g/mol. The van der Waals surface area contributed by atoms with Gasteiger partial charge in [-0.3, -0.25) is 4.79 Å². The van der Waals surface area contributed by atoms with Crippen molar-refractivity contribution in [1.82, 2.24) is 15.3 Å². The second-order valence-electron chi connectivity index (χ2n) is 5.70. The molecule has 5 heteroatoms. The van der Waals surface area contributed by atoms with Crippen molar-refractivity contribution in [3.63, 3.8) is 0 Å². The van der Waals surface area contributed by atoms with Gasteiger partial charge in [0, 0.05) is 30.3 Å². The highest BCUT2D eigenvalue weighted by Gasteiger charge is 2.28. The number of amides is 1. The Kier molecular flexibility index (Phi) is 4.14. The molecule has 0 bridgehead atoms. The van der Waals surface area contributed by atoms with Crippen LogP contribution in [-0.2, 0) is 17.6 Å². The Morgan fingerprint density at radius 3 is 2.85 bits per heavy atom. The van der Waals surface area contributed by atoms with Gasteiger partial charge >= 0.3 is 0 Å². The quantitative estimate of drug-likeness (QED) is 0.633. The van der Waals surface area contributed by atoms with Crippen molar-refractivity contribution in [3.05, 3.63) is 17.6 Å². The minimum absolute atomic E-state index is 0.202. The van der Waals surface area contributed by atoms with Gasteiger partial charge in [0.2, 0.25) is 5.91 Å². The van der Waals surface area contributed by atoms with E-state index in [1.807, 2.05) is 0 Å². The SMILES string of the molecule is O=C(NCCNc1ncnc2c1CCCCC2)C1CC1. The Balaban J connectivity index is 1.53. The molecule has 2 N–H and O–H groups in total. The molecule has 1 aromatic heterocycles. The van der Waals surface area contributed by atoms with Crippen LogP contribution in [0.4, 0.5) is 5.82 Å². The lowest BCUT2D eigenvalue weighted by Gasteiger charge is -2.12. The second kappa shape index (κ2) is 6.20. The number of aryl methyl sites for hydroxylation is 1. The molecular formula is C15H22N4O. The number of carbonyl (C=O) groups is 1. The molecule has 1 heterocycles. The molecule has 0 radical (unpaired) electrons. The van der Waals surface area contributed by atoms with Gasteiger partial charge < -0.3 is 10.6 Å². The third kappa shape index (κ3) is 3.26. The predicted molar refractivity (Wildman–Crippen MR) is 77.5 cm³/mol. The van der Waals surface area contributed by atoms with Crippen LogP contribution in [0.2, 0.25) is 0 Å². The lowest BCUT2D eigenvalue weighted by Crippen LogP contribution is -2.30. The zero-order valence-electron chi connectivity index (χ0n) is 11.8. The Hall–Kier alpha value is -1.65. The fourth-order valence-corrected chi connectivity index (χ4v) is 2.71. The molecule has 20 heavy (non-hydrogen) atoms. The summed E-state index contributed by atoms with van der Waals surface area (Å²) < 4.78 is 0. The van der Waals surface area contributed by atoms with E-state index in [1.165, 1.54) is 30.5 Å². The summed E-state index contributed by atoms with van der Waals surface area (Å²) in [7, 11) is 0. The van der Waals surface area contributed by atoms with Crippen molar-refractivity contribution < 1.29 is 4.79 Å².